The van der Waals surface area contributed by atoms with Crippen molar-refractivity contribution in [2.75, 3.05) is 12.4 Å². The summed E-state index contributed by atoms with van der Waals surface area (Å²) in [6, 6.07) is 11.4. The molecular formula is C17H12BrNO5. The van der Waals surface area contributed by atoms with Crippen molar-refractivity contribution in [2.45, 2.75) is 0 Å². The largest absolute Gasteiger partial charge is 0.505 e. The van der Waals surface area contributed by atoms with Crippen LogP contribution in [0.1, 0.15) is 20.9 Å². The van der Waals surface area contributed by atoms with E-state index in [1.807, 2.05) is 6.07 Å². The maximum Gasteiger partial charge on any atom is 0.341 e. The molecular weight excluding hydrogens is 378 g/mol. The summed E-state index contributed by atoms with van der Waals surface area (Å²) >= 11 is 3.35. The molecule has 0 aliphatic rings. The molecule has 24 heavy (non-hydrogen) atoms. The zero-order valence-electron chi connectivity index (χ0n) is 12.5. The number of carbonyl (C=O) groups is 2. The number of methoxy groups -OCH3 is 1. The average molecular weight is 390 g/mol. The Morgan fingerprint density at radius 3 is 2.75 bits per heavy atom. The lowest BCUT2D eigenvalue weighted by Gasteiger charge is -2.08. The smallest absolute Gasteiger partial charge is 0.341 e. The third-order valence-electron chi connectivity index (χ3n) is 3.39. The highest BCUT2D eigenvalue weighted by atomic mass is 79.9. The van der Waals surface area contributed by atoms with Crippen molar-refractivity contribution in [1.29, 1.82) is 0 Å². The molecule has 3 rings (SSSR count). The predicted molar refractivity (Wildman–Crippen MR) is 91.3 cm³/mol. The normalized spacial score (nSPS) is 10.6. The van der Waals surface area contributed by atoms with Crippen LogP contribution in [0, 0.1) is 0 Å². The maximum atomic E-state index is 12.3. The van der Waals surface area contributed by atoms with E-state index in [0.29, 0.717) is 5.58 Å². The average Bonchev–Trinajstić information content (AvgIpc) is 2.99. The lowest BCUT2D eigenvalue weighted by Crippen LogP contribution is -2.12. The summed E-state index contributed by atoms with van der Waals surface area (Å²) in [5, 5.41) is 13.4. The van der Waals surface area contributed by atoms with Crippen molar-refractivity contribution in [2.24, 2.45) is 0 Å². The van der Waals surface area contributed by atoms with E-state index in [1.165, 1.54) is 25.3 Å². The standard InChI is InChI=1S/C17H12BrNO5/c1-23-17(22)11-3-2-4-12(15(11)20)19-16(21)14-8-9-7-10(18)5-6-13(9)24-14/h2-8,20H,1H3,(H,19,21). The van der Waals surface area contributed by atoms with Crippen LogP contribution < -0.4 is 5.32 Å². The highest BCUT2D eigenvalue weighted by Crippen LogP contribution is 2.29. The van der Waals surface area contributed by atoms with Gasteiger partial charge in [0.05, 0.1) is 12.8 Å². The number of esters is 1. The van der Waals surface area contributed by atoms with Crippen molar-refractivity contribution in [3.05, 3.63) is 58.3 Å². The Hall–Kier alpha value is -2.80. The van der Waals surface area contributed by atoms with Gasteiger partial charge in [0.2, 0.25) is 0 Å². The Morgan fingerprint density at radius 2 is 2.00 bits per heavy atom. The van der Waals surface area contributed by atoms with Crippen LogP contribution in [0.3, 0.4) is 0 Å². The van der Waals surface area contributed by atoms with Crippen LogP contribution in [0.25, 0.3) is 11.0 Å². The van der Waals surface area contributed by atoms with Gasteiger partial charge in [-0.15, -0.1) is 0 Å². The Morgan fingerprint density at radius 1 is 1.21 bits per heavy atom. The molecule has 0 bridgehead atoms. The van der Waals surface area contributed by atoms with Gasteiger partial charge >= 0.3 is 5.97 Å². The summed E-state index contributed by atoms with van der Waals surface area (Å²) in [4.78, 5) is 23.9. The van der Waals surface area contributed by atoms with Crippen LogP contribution in [0.15, 0.2) is 51.4 Å². The second-order valence-electron chi connectivity index (χ2n) is 4.94. The zero-order chi connectivity index (χ0) is 17.3. The number of hydrogen-bond donors (Lipinski definition) is 2. The quantitative estimate of drug-likeness (QED) is 0.523. The molecule has 1 aromatic heterocycles. The highest BCUT2D eigenvalue weighted by molar-refractivity contribution is 9.10. The molecule has 0 radical (unpaired) electrons. The molecule has 0 atom stereocenters. The van der Waals surface area contributed by atoms with Crippen LogP contribution >= 0.6 is 15.9 Å². The van der Waals surface area contributed by atoms with Gasteiger partial charge < -0.3 is 19.6 Å². The van der Waals surface area contributed by atoms with Crippen LogP contribution in [0.2, 0.25) is 0 Å². The first-order valence-corrected chi connectivity index (χ1v) is 7.69. The van der Waals surface area contributed by atoms with E-state index in [9.17, 15) is 14.7 Å². The molecule has 122 valence electrons. The van der Waals surface area contributed by atoms with Gasteiger partial charge in [0.15, 0.2) is 11.5 Å². The van der Waals surface area contributed by atoms with Crippen LogP contribution in [-0.2, 0) is 4.74 Å². The molecule has 6 nitrogen and oxygen atoms in total. The fourth-order valence-corrected chi connectivity index (χ4v) is 2.61. The van der Waals surface area contributed by atoms with Gasteiger partial charge in [0.25, 0.3) is 5.91 Å². The summed E-state index contributed by atoms with van der Waals surface area (Å²) in [7, 11) is 1.21. The number of ether oxygens (including phenoxy) is 1. The minimum absolute atomic E-state index is 0.0381. The second kappa shape index (κ2) is 6.37. The zero-order valence-corrected chi connectivity index (χ0v) is 14.1. The monoisotopic (exact) mass is 389 g/mol. The van der Waals surface area contributed by atoms with Crippen molar-refractivity contribution in [3.8, 4) is 5.75 Å². The summed E-state index contributed by atoms with van der Waals surface area (Å²) in [6.45, 7) is 0. The summed E-state index contributed by atoms with van der Waals surface area (Å²) in [5.41, 5.74) is 0.615. The summed E-state index contributed by atoms with van der Waals surface area (Å²) in [5.74, 6) is -1.51. The minimum Gasteiger partial charge on any atom is -0.505 e. The van der Waals surface area contributed by atoms with Crippen molar-refractivity contribution in [3.63, 3.8) is 0 Å². The van der Waals surface area contributed by atoms with Crippen LogP contribution in [0.4, 0.5) is 5.69 Å². The first kappa shape index (κ1) is 16.1. The van der Waals surface area contributed by atoms with Gasteiger partial charge in [-0.2, -0.15) is 0 Å². The third-order valence-corrected chi connectivity index (χ3v) is 3.88. The number of fused-ring (bicyclic) bond motifs is 1. The predicted octanol–water partition coefficient (Wildman–Crippen LogP) is 3.94. The molecule has 0 spiro atoms. The molecule has 3 aromatic rings. The lowest BCUT2D eigenvalue weighted by atomic mass is 10.1. The third kappa shape index (κ3) is 2.98. The number of amides is 1. The first-order valence-electron chi connectivity index (χ1n) is 6.90. The minimum atomic E-state index is -0.697. The van der Waals surface area contributed by atoms with E-state index >= 15 is 0 Å². The Kier molecular flexibility index (Phi) is 4.26. The lowest BCUT2D eigenvalue weighted by molar-refractivity contribution is 0.0597. The molecule has 2 N–H and O–H groups in total. The van der Waals surface area contributed by atoms with Crippen molar-refractivity contribution >= 4 is 44.5 Å². The Bertz CT molecular complexity index is 947. The molecule has 2 aromatic carbocycles. The topological polar surface area (TPSA) is 88.8 Å². The van der Waals surface area contributed by atoms with E-state index in [0.717, 1.165) is 9.86 Å². The molecule has 7 heteroatoms. The van der Waals surface area contributed by atoms with E-state index in [-0.39, 0.29) is 22.8 Å². The van der Waals surface area contributed by atoms with Crippen molar-refractivity contribution in [1.82, 2.24) is 0 Å². The number of rotatable bonds is 3. The summed E-state index contributed by atoms with van der Waals surface area (Å²) < 4.78 is 10.9. The molecule has 0 aliphatic heterocycles. The Labute approximate surface area is 145 Å². The second-order valence-corrected chi connectivity index (χ2v) is 5.86. The van der Waals surface area contributed by atoms with E-state index < -0.39 is 11.9 Å². The molecule has 0 saturated carbocycles. The fraction of sp³-hybridized carbons (Fsp3) is 0.0588. The number of hydrogen-bond acceptors (Lipinski definition) is 5. The van der Waals surface area contributed by atoms with Gasteiger partial charge in [0.1, 0.15) is 11.1 Å². The Balaban J connectivity index is 1.90. The highest BCUT2D eigenvalue weighted by Gasteiger charge is 2.18. The molecule has 0 aliphatic carbocycles. The van der Waals surface area contributed by atoms with Gasteiger partial charge in [-0.3, -0.25) is 4.79 Å². The molecule has 1 amide bonds. The van der Waals surface area contributed by atoms with E-state index in [2.05, 4.69) is 26.0 Å². The fourth-order valence-electron chi connectivity index (χ4n) is 2.23. The number of phenolic OH excluding ortho intramolecular Hbond substituents is 1. The SMILES string of the molecule is COC(=O)c1cccc(NC(=O)c2cc3cc(Br)ccc3o2)c1O. The van der Waals surface area contributed by atoms with Gasteiger partial charge in [-0.25, -0.2) is 4.79 Å². The van der Waals surface area contributed by atoms with E-state index in [4.69, 9.17) is 4.42 Å². The van der Waals surface area contributed by atoms with Gasteiger partial charge in [-0.05, 0) is 36.4 Å². The van der Waals surface area contributed by atoms with E-state index in [1.54, 1.807) is 18.2 Å². The maximum absolute atomic E-state index is 12.3. The number of phenols is 1. The molecule has 1 heterocycles. The number of aromatic hydroxyl groups is 1. The summed E-state index contributed by atoms with van der Waals surface area (Å²) in [6.07, 6.45) is 0. The van der Waals surface area contributed by atoms with Crippen LogP contribution in [-0.4, -0.2) is 24.1 Å². The molecule has 0 saturated heterocycles. The molecule has 0 unspecified atom stereocenters. The van der Waals surface area contributed by atoms with Gasteiger partial charge in [0, 0.05) is 9.86 Å². The molecule has 0 fully saturated rings. The van der Waals surface area contributed by atoms with Gasteiger partial charge in [-0.1, -0.05) is 22.0 Å². The number of carbonyl (C=O) groups excluding carboxylic acids is 2. The number of anilines is 1. The first-order chi connectivity index (χ1) is 11.5. The number of halogens is 1. The van der Waals surface area contributed by atoms with Crippen LogP contribution in [0.5, 0.6) is 5.75 Å². The van der Waals surface area contributed by atoms with Crippen molar-refractivity contribution < 1.29 is 23.8 Å². The number of benzene rings is 2. The number of para-hydroxylation sites is 1. The number of furan rings is 1. The number of nitrogens with one attached hydrogen (secondary N) is 1.